The maximum absolute atomic E-state index is 3.83. The van der Waals surface area contributed by atoms with E-state index in [0.717, 1.165) is 0 Å². The van der Waals surface area contributed by atoms with Gasteiger partial charge >= 0.3 is 0 Å². The lowest BCUT2D eigenvalue weighted by Crippen LogP contribution is -3.00. The Bertz CT molecular complexity index is 72.6. The molecule has 1 aliphatic heterocycles. The first-order valence-electron chi connectivity index (χ1n) is 2.95. The number of hydrogen-bond donors (Lipinski definition) is 0. The van der Waals surface area contributed by atoms with Crippen molar-refractivity contribution in [2.75, 3.05) is 13.1 Å². The molecule has 1 rings (SSSR count). The molecule has 0 aliphatic carbocycles. The molecule has 0 N–H and O–H groups in total. The van der Waals surface area contributed by atoms with Gasteiger partial charge in [0.2, 0.25) is 0 Å². The van der Waals surface area contributed by atoms with Gasteiger partial charge in [0.1, 0.15) is 19.8 Å². The minimum Gasteiger partial charge on any atom is -1.00 e. The molecule has 0 saturated carbocycles. The summed E-state index contributed by atoms with van der Waals surface area (Å²) >= 11 is 0. The van der Waals surface area contributed by atoms with Crippen LogP contribution in [-0.4, -0.2) is 24.4 Å². The Morgan fingerprint density at radius 2 is 1.50 bits per heavy atom. The Balaban J connectivity index is 0.000000490. The number of rotatable bonds is 0. The van der Waals surface area contributed by atoms with E-state index in [9.17, 15) is 0 Å². The molecule has 0 aromatic carbocycles. The van der Waals surface area contributed by atoms with E-state index in [1.165, 1.54) is 32.4 Å². The molecular weight excluding hydrogens is 122 g/mol. The van der Waals surface area contributed by atoms with Crippen molar-refractivity contribution in [1.29, 1.82) is 0 Å². The summed E-state index contributed by atoms with van der Waals surface area (Å²) in [6.45, 7) is 6.25. The lowest BCUT2D eigenvalue weighted by molar-refractivity contribution is -0.529. The maximum Gasteiger partial charge on any atom is 0.142 e. The largest absolute Gasteiger partial charge is 1.00 e. The highest BCUT2D eigenvalue weighted by molar-refractivity contribution is 5.14. The van der Waals surface area contributed by atoms with E-state index in [0.29, 0.717) is 0 Å². The SMILES string of the molecule is C=[N+]1CCCCC1.[Cl-]. The summed E-state index contributed by atoms with van der Waals surface area (Å²) in [5.41, 5.74) is 0. The van der Waals surface area contributed by atoms with Gasteiger partial charge in [0.15, 0.2) is 0 Å². The van der Waals surface area contributed by atoms with E-state index < -0.39 is 0 Å². The third-order valence-corrected chi connectivity index (χ3v) is 1.45. The van der Waals surface area contributed by atoms with E-state index in [1.54, 1.807) is 0 Å². The Morgan fingerprint density at radius 3 is 1.75 bits per heavy atom. The summed E-state index contributed by atoms with van der Waals surface area (Å²) in [7, 11) is 0. The van der Waals surface area contributed by atoms with Gasteiger partial charge in [0.25, 0.3) is 0 Å². The summed E-state index contributed by atoms with van der Waals surface area (Å²) in [5, 5.41) is 0. The topological polar surface area (TPSA) is 3.01 Å². The van der Waals surface area contributed by atoms with Crippen molar-refractivity contribution < 1.29 is 17.0 Å². The van der Waals surface area contributed by atoms with Crippen LogP contribution in [0.3, 0.4) is 0 Å². The smallest absolute Gasteiger partial charge is 0.142 e. The van der Waals surface area contributed by atoms with Gasteiger partial charge in [-0.3, -0.25) is 0 Å². The Labute approximate surface area is 56.8 Å². The van der Waals surface area contributed by atoms with Crippen molar-refractivity contribution in [3.8, 4) is 0 Å². The quantitative estimate of drug-likeness (QED) is 0.333. The number of nitrogens with zero attached hydrogens (tertiary/aromatic N) is 1. The molecule has 0 unspecified atom stereocenters. The summed E-state index contributed by atoms with van der Waals surface area (Å²) in [6, 6.07) is 0. The van der Waals surface area contributed by atoms with Crippen LogP contribution < -0.4 is 12.4 Å². The van der Waals surface area contributed by atoms with E-state index in [-0.39, 0.29) is 12.4 Å². The highest BCUT2D eigenvalue weighted by atomic mass is 35.5. The normalized spacial score (nSPS) is 19.8. The predicted octanol–water partition coefficient (Wildman–Crippen LogP) is -2.11. The molecule has 48 valence electrons. The van der Waals surface area contributed by atoms with Crippen LogP contribution in [0.15, 0.2) is 0 Å². The van der Waals surface area contributed by atoms with Crippen LogP contribution in [0.25, 0.3) is 0 Å². The van der Waals surface area contributed by atoms with Crippen LogP contribution in [0.5, 0.6) is 0 Å². The van der Waals surface area contributed by atoms with Crippen LogP contribution in [0.1, 0.15) is 19.3 Å². The van der Waals surface area contributed by atoms with Crippen LogP contribution in [0.2, 0.25) is 0 Å². The van der Waals surface area contributed by atoms with Crippen molar-refractivity contribution in [3.63, 3.8) is 0 Å². The molecule has 0 aromatic rings. The summed E-state index contributed by atoms with van der Waals surface area (Å²) in [6.07, 6.45) is 4.11. The van der Waals surface area contributed by atoms with Gasteiger partial charge < -0.3 is 12.4 Å². The zero-order chi connectivity index (χ0) is 5.11. The minimum absolute atomic E-state index is 0. The van der Waals surface area contributed by atoms with Gasteiger partial charge in [-0.15, -0.1) is 0 Å². The van der Waals surface area contributed by atoms with Gasteiger partial charge in [-0.1, -0.05) is 0 Å². The Hall–Kier alpha value is -0.0400. The molecule has 0 aromatic heterocycles. The van der Waals surface area contributed by atoms with E-state index >= 15 is 0 Å². The molecule has 0 atom stereocenters. The number of halogens is 1. The van der Waals surface area contributed by atoms with Crippen molar-refractivity contribution >= 4 is 6.72 Å². The van der Waals surface area contributed by atoms with Gasteiger partial charge in [0.05, 0.1) is 0 Å². The van der Waals surface area contributed by atoms with Crippen molar-refractivity contribution in [2.24, 2.45) is 0 Å². The first kappa shape index (κ1) is 7.96. The fraction of sp³-hybridized carbons (Fsp3) is 0.833. The van der Waals surface area contributed by atoms with Crippen molar-refractivity contribution in [1.82, 2.24) is 0 Å². The average Bonchev–Trinajstić information content (AvgIpc) is 1.69. The lowest BCUT2D eigenvalue weighted by atomic mass is 10.2. The third-order valence-electron chi connectivity index (χ3n) is 1.45. The van der Waals surface area contributed by atoms with Gasteiger partial charge in [-0.25, -0.2) is 4.58 Å². The van der Waals surface area contributed by atoms with Crippen molar-refractivity contribution in [3.05, 3.63) is 0 Å². The Morgan fingerprint density at radius 1 is 1.00 bits per heavy atom. The van der Waals surface area contributed by atoms with E-state index in [1.807, 2.05) is 0 Å². The second kappa shape index (κ2) is 3.90. The van der Waals surface area contributed by atoms with E-state index in [2.05, 4.69) is 11.3 Å². The molecule has 8 heavy (non-hydrogen) atoms. The number of hydrogen-bond acceptors (Lipinski definition) is 0. The fourth-order valence-electron chi connectivity index (χ4n) is 0.959. The molecule has 1 aliphatic rings. The molecular formula is C6H12ClN. The first-order chi connectivity index (χ1) is 3.39. The van der Waals surface area contributed by atoms with E-state index in [4.69, 9.17) is 0 Å². The molecule has 1 nitrogen and oxygen atoms in total. The molecule has 0 radical (unpaired) electrons. The fourth-order valence-corrected chi connectivity index (χ4v) is 0.959. The first-order valence-corrected chi connectivity index (χ1v) is 2.95. The monoisotopic (exact) mass is 133 g/mol. The summed E-state index contributed by atoms with van der Waals surface area (Å²) in [4.78, 5) is 0. The third kappa shape index (κ3) is 2.31. The Kier molecular flexibility index (Phi) is 3.88. The highest BCUT2D eigenvalue weighted by Crippen LogP contribution is 2.01. The molecule has 1 fully saturated rings. The van der Waals surface area contributed by atoms with Crippen molar-refractivity contribution in [2.45, 2.75) is 19.3 Å². The van der Waals surface area contributed by atoms with Crippen LogP contribution in [-0.2, 0) is 0 Å². The highest BCUT2D eigenvalue weighted by Gasteiger charge is 2.05. The maximum atomic E-state index is 3.83. The zero-order valence-corrected chi connectivity index (χ0v) is 5.82. The summed E-state index contributed by atoms with van der Waals surface area (Å²) in [5.74, 6) is 0. The molecule has 1 saturated heterocycles. The van der Waals surface area contributed by atoms with Gasteiger partial charge in [0, 0.05) is 12.8 Å². The second-order valence-corrected chi connectivity index (χ2v) is 2.18. The van der Waals surface area contributed by atoms with Crippen LogP contribution >= 0.6 is 0 Å². The standard InChI is InChI=1S/C6H12N.ClH/c1-7-5-3-2-4-6-7;/h1-6H2;1H/q+1;/p-1. The van der Waals surface area contributed by atoms with Crippen LogP contribution in [0, 0.1) is 0 Å². The van der Waals surface area contributed by atoms with Gasteiger partial charge in [-0.05, 0) is 6.42 Å². The molecule has 0 amide bonds. The second-order valence-electron chi connectivity index (χ2n) is 2.18. The zero-order valence-electron chi connectivity index (χ0n) is 5.07. The lowest BCUT2D eigenvalue weighted by Gasteiger charge is -2.05. The predicted molar refractivity (Wildman–Crippen MR) is 31.0 cm³/mol. The summed E-state index contributed by atoms with van der Waals surface area (Å²) < 4.78 is 2.14. The average molecular weight is 134 g/mol. The minimum atomic E-state index is 0. The van der Waals surface area contributed by atoms with Gasteiger partial charge in [-0.2, -0.15) is 0 Å². The van der Waals surface area contributed by atoms with Crippen LogP contribution in [0.4, 0.5) is 0 Å². The molecule has 1 heterocycles. The molecule has 2 heteroatoms. The number of piperidine rings is 1. The molecule has 0 bridgehead atoms. The molecule has 0 spiro atoms.